The Kier molecular flexibility index (Phi) is 65.8. The van der Waals surface area contributed by atoms with Crippen molar-refractivity contribution in [3.63, 3.8) is 0 Å². The highest BCUT2D eigenvalue weighted by Gasteiger charge is 2.19. The van der Waals surface area contributed by atoms with Gasteiger partial charge in [0, 0.05) is 19.3 Å². The molecule has 0 spiro atoms. The van der Waals surface area contributed by atoms with Gasteiger partial charge in [-0.1, -0.05) is 316 Å². The normalized spacial score (nSPS) is 12.9. The van der Waals surface area contributed by atoms with E-state index in [-0.39, 0.29) is 31.1 Å². The summed E-state index contributed by atoms with van der Waals surface area (Å²) in [5, 5.41) is 0. The summed E-state index contributed by atoms with van der Waals surface area (Å²) in [4.78, 5) is 38.4. The first-order chi connectivity index (χ1) is 40.5. The van der Waals surface area contributed by atoms with Crippen LogP contribution >= 0.6 is 0 Å². The molecule has 1 atom stereocenters. The van der Waals surface area contributed by atoms with Crippen molar-refractivity contribution in [2.24, 2.45) is 0 Å². The van der Waals surface area contributed by atoms with Crippen LogP contribution in [0.15, 0.2) is 122 Å². The number of rotatable bonds is 62. The van der Waals surface area contributed by atoms with Crippen molar-refractivity contribution in [3.8, 4) is 0 Å². The third kappa shape index (κ3) is 66.6. The molecule has 0 N–H and O–H groups in total. The highest BCUT2D eigenvalue weighted by molar-refractivity contribution is 5.71. The molecule has 0 aromatic rings. The number of hydrogen-bond donors (Lipinski definition) is 0. The minimum atomic E-state index is -0.792. The molecule has 0 fully saturated rings. The van der Waals surface area contributed by atoms with Gasteiger partial charge in [0.1, 0.15) is 13.2 Å². The van der Waals surface area contributed by atoms with Crippen molar-refractivity contribution in [3.05, 3.63) is 122 Å². The maximum absolute atomic E-state index is 12.9. The Labute approximate surface area is 507 Å². The Balaban J connectivity index is 4.25. The maximum atomic E-state index is 12.9. The van der Waals surface area contributed by atoms with Gasteiger partial charge in [-0.2, -0.15) is 0 Å². The highest BCUT2D eigenvalue weighted by Crippen LogP contribution is 2.17. The molecule has 1 unspecified atom stereocenters. The van der Waals surface area contributed by atoms with E-state index in [1.54, 1.807) is 0 Å². The topological polar surface area (TPSA) is 78.9 Å². The number of esters is 3. The fourth-order valence-corrected chi connectivity index (χ4v) is 9.62. The summed E-state index contributed by atoms with van der Waals surface area (Å²) in [6.45, 7) is 6.42. The second-order valence-corrected chi connectivity index (χ2v) is 22.7. The molecule has 0 aliphatic rings. The minimum absolute atomic E-state index is 0.0876. The maximum Gasteiger partial charge on any atom is 0.306 e. The van der Waals surface area contributed by atoms with Crippen LogP contribution < -0.4 is 0 Å². The summed E-state index contributed by atoms with van der Waals surface area (Å²) < 4.78 is 16.9. The number of allylic oxidation sites excluding steroid dienone is 20. The summed E-state index contributed by atoms with van der Waals surface area (Å²) >= 11 is 0. The van der Waals surface area contributed by atoms with Crippen molar-refractivity contribution in [1.82, 2.24) is 0 Å². The van der Waals surface area contributed by atoms with Crippen molar-refractivity contribution >= 4 is 17.9 Å². The first-order valence-corrected chi connectivity index (χ1v) is 34.5. The van der Waals surface area contributed by atoms with Crippen LogP contribution in [-0.2, 0) is 28.6 Å². The summed E-state index contributed by atoms with van der Waals surface area (Å²) in [6.07, 6.45) is 96.5. The lowest BCUT2D eigenvalue weighted by Gasteiger charge is -2.18. The van der Waals surface area contributed by atoms with Gasteiger partial charge >= 0.3 is 17.9 Å². The van der Waals surface area contributed by atoms with E-state index in [9.17, 15) is 14.4 Å². The molecule has 0 aromatic carbocycles. The van der Waals surface area contributed by atoms with Crippen molar-refractivity contribution in [2.75, 3.05) is 13.2 Å². The van der Waals surface area contributed by atoms with Crippen LogP contribution in [0.1, 0.15) is 323 Å². The molecule has 0 aromatic heterocycles. The molecule has 0 saturated heterocycles. The Morgan fingerprint density at radius 3 is 0.756 bits per heavy atom. The molecule has 0 bridgehead atoms. The predicted octanol–water partition coefficient (Wildman–Crippen LogP) is 23.9. The third-order valence-electron chi connectivity index (χ3n) is 14.7. The standard InChI is InChI=1S/C76H128O6/c1-4-7-10-13-16-19-22-25-27-29-31-32-33-34-35-36-37-38-39-40-41-42-43-44-45-47-48-51-54-57-60-63-66-69-75(78)81-72-73(71-80-74(77)68-65-62-59-56-53-50-24-21-18-15-12-9-6-3)82-76(79)70-67-64-61-58-55-52-49-46-30-28-26-23-20-17-14-11-8-5-2/h7,9-10,12,16,18-19,21,25,27,31-32,34-35,37-38,40-41,50,53,73H,4-6,8,11,13-15,17,20,22-24,26,28-30,33,36,39,42-49,51-52,54-72H2,1-3H3/b10-7-,12-9-,19-16-,21-18-,27-25-,32-31-,35-34-,38-37-,41-40-,53-50-. The summed E-state index contributed by atoms with van der Waals surface area (Å²) in [7, 11) is 0. The second kappa shape index (κ2) is 69.3. The van der Waals surface area contributed by atoms with Crippen LogP contribution in [0, 0.1) is 0 Å². The average Bonchev–Trinajstić information content (AvgIpc) is 3.47. The molecule has 0 amide bonds. The van der Waals surface area contributed by atoms with Crippen LogP contribution in [-0.4, -0.2) is 37.2 Å². The number of carbonyl (C=O) groups excluding carboxylic acids is 3. The third-order valence-corrected chi connectivity index (χ3v) is 14.7. The Morgan fingerprint density at radius 2 is 0.476 bits per heavy atom. The van der Waals surface area contributed by atoms with Crippen LogP contribution in [0.5, 0.6) is 0 Å². The largest absolute Gasteiger partial charge is 0.462 e. The van der Waals surface area contributed by atoms with Crippen molar-refractivity contribution in [2.45, 2.75) is 329 Å². The molecule has 82 heavy (non-hydrogen) atoms. The lowest BCUT2D eigenvalue weighted by atomic mass is 10.0. The molecular formula is C76H128O6. The fraction of sp³-hybridized carbons (Fsp3) is 0.697. The van der Waals surface area contributed by atoms with Gasteiger partial charge in [0.05, 0.1) is 0 Å². The van der Waals surface area contributed by atoms with Gasteiger partial charge in [-0.15, -0.1) is 0 Å². The van der Waals surface area contributed by atoms with E-state index in [4.69, 9.17) is 14.2 Å². The fourth-order valence-electron chi connectivity index (χ4n) is 9.62. The van der Waals surface area contributed by atoms with Gasteiger partial charge in [-0.05, 0) is 109 Å². The number of ether oxygens (including phenoxy) is 3. The van der Waals surface area contributed by atoms with Crippen LogP contribution in [0.4, 0.5) is 0 Å². The molecular weight excluding hydrogens is 1010 g/mol. The molecule has 0 heterocycles. The number of unbranched alkanes of at least 4 members (excludes halogenated alkanes) is 31. The monoisotopic (exact) mass is 1140 g/mol. The molecule has 0 radical (unpaired) electrons. The first kappa shape index (κ1) is 77.8. The molecule has 0 rings (SSSR count). The van der Waals surface area contributed by atoms with Gasteiger partial charge in [0.2, 0.25) is 0 Å². The van der Waals surface area contributed by atoms with Gasteiger partial charge < -0.3 is 14.2 Å². The van der Waals surface area contributed by atoms with Crippen LogP contribution in [0.2, 0.25) is 0 Å². The summed E-state index contributed by atoms with van der Waals surface area (Å²) in [6, 6.07) is 0. The zero-order valence-corrected chi connectivity index (χ0v) is 53.7. The highest BCUT2D eigenvalue weighted by atomic mass is 16.6. The molecule has 0 aliphatic carbocycles. The quantitative estimate of drug-likeness (QED) is 0.0261. The Hall–Kier alpha value is -4.19. The van der Waals surface area contributed by atoms with Crippen molar-refractivity contribution < 1.29 is 28.6 Å². The van der Waals surface area contributed by atoms with Crippen LogP contribution in [0.3, 0.4) is 0 Å². The predicted molar refractivity (Wildman–Crippen MR) is 357 cm³/mol. The van der Waals surface area contributed by atoms with E-state index in [0.29, 0.717) is 19.3 Å². The Bertz CT molecular complexity index is 1690. The number of carbonyl (C=O) groups is 3. The van der Waals surface area contributed by atoms with Crippen LogP contribution in [0.25, 0.3) is 0 Å². The molecule has 0 saturated carbocycles. The van der Waals surface area contributed by atoms with Gasteiger partial charge in [0.25, 0.3) is 0 Å². The molecule has 468 valence electrons. The first-order valence-electron chi connectivity index (χ1n) is 34.5. The SMILES string of the molecule is CC/C=C\C/C=C\C/C=C\C/C=C\C/C=C\C/C=C\C/C=C\CCCCCCCCCCCCCC(=O)OCC(COC(=O)CCCCC/C=C\C/C=C\C/C=C\CC)OC(=O)CCCCCCCCCCCCCCCCCCCC. The number of hydrogen-bond acceptors (Lipinski definition) is 6. The van der Waals surface area contributed by atoms with E-state index in [1.165, 1.54) is 154 Å². The van der Waals surface area contributed by atoms with E-state index in [0.717, 1.165) is 128 Å². The lowest BCUT2D eigenvalue weighted by molar-refractivity contribution is -0.167. The zero-order chi connectivity index (χ0) is 59.2. The van der Waals surface area contributed by atoms with E-state index >= 15 is 0 Å². The second-order valence-electron chi connectivity index (χ2n) is 22.7. The van der Waals surface area contributed by atoms with E-state index in [1.807, 2.05) is 0 Å². The van der Waals surface area contributed by atoms with Gasteiger partial charge in [-0.3, -0.25) is 14.4 Å². The van der Waals surface area contributed by atoms with Gasteiger partial charge in [-0.25, -0.2) is 0 Å². The molecule has 0 aliphatic heterocycles. The summed E-state index contributed by atoms with van der Waals surface area (Å²) in [5.74, 6) is -0.909. The zero-order valence-electron chi connectivity index (χ0n) is 53.7. The molecule has 6 nitrogen and oxygen atoms in total. The lowest BCUT2D eigenvalue weighted by Crippen LogP contribution is -2.30. The molecule has 6 heteroatoms. The van der Waals surface area contributed by atoms with E-state index < -0.39 is 6.10 Å². The average molecular weight is 1140 g/mol. The van der Waals surface area contributed by atoms with Gasteiger partial charge in [0.15, 0.2) is 6.10 Å². The summed E-state index contributed by atoms with van der Waals surface area (Å²) in [5.41, 5.74) is 0. The Morgan fingerprint density at radius 1 is 0.256 bits per heavy atom. The minimum Gasteiger partial charge on any atom is -0.462 e. The van der Waals surface area contributed by atoms with E-state index in [2.05, 4.69) is 142 Å². The smallest absolute Gasteiger partial charge is 0.306 e. The van der Waals surface area contributed by atoms with Crippen molar-refractivity contribution in [1.29, 1.82) is 0 Å².